The number of benzene rings is 1. The van der Waals surface area contributed by atoms with Gasteiger partial charge in [0.1, 0.15) is 11.5 Å². The normalized spacial score (nSPS) is 15.2. The summed E-state index contributed by atoms with van der Waals surface area (Å²) in [6.07, 6.45) is 2.91. The maximum Gasteiger partial charge on any atom is 0.124 e. The van der Waals surface area contributed by atoms with Crippen LogP contribution >= 0.6 is 0 Å². The Bertz CT molecular complexity index is 359. The minimum Gasteiger partial charge on any atom is -0.491 e. The van der Waals surface area contributed by atoms with Crippen LogP contribution in [0.15, 0.2) is 18.2 Å². The van der Waals surface area contributed by atoms with Crippen molar-refractivity contribution < 1.29 is 9.47 Å². The number of hydrogen-bond donors (Lipinski definition) is 1. The number of rotatable bonds is 5. The number of nitrogens with two attached hydrogens (primary N) is 1. The van der Waals surface area contributed by atoms with Gasteiger partial charge in [-0.2, -0.15) is 0 Å². The minimum atomic E-state index is 0.181. The van der Waals surface area contributed by atoms with E-state index in [-0.39, 0.29) is 6.10 Å². The van der Waals surface area contributed by atoms with Crippen molar-refractivity contribution in [3.8, 4) is 11.5 Å². The molecule has 1 fully saturated rings. The molecular formula is C13H19NO2. The third-order valence-electron chi connectivity index (χ3n) is 2.44. The molecule has 0 unspecified atom stereocenters. The highest BCUT2D eigenvalue weighted by Crippen LogP contribution is 2.31. The lowest BCUT2D eigenvalue weighted by Gasteiger charge is -2.14. The average Bonchev–Trinajstić information content (AvgIpc) is 3.03. The quantitative estimate of drug-likeness (QED) is 0.830. The second-order valence-corrected chi connectivity index (χ2v) is 4.46. The Labute approximate surface area is 96.5 Å². The summed E-state index contributed by atoms with van der Waals surface area (Å²) >= 11 is 0. The number of hydrogen-bond acceptors (Lipinski definition) is 3. The molecule has 0 amide bonds. The number of ether oxygens (including phenoxy) is 2. The summed E-state index contributed by atoms with van der Waals surface area (Å²) in [7, 11) is 0. The van der Waals surface area contributed by atoms with Gasteiger partial charge in [0, 0.05) is 12.1 Å². The highest BCUT2D eigenvalue weighted by Gasteiger charge is 2.24. The maximum absolute atomic E-state index is 5.77. The minimum absolute atomic E-state index is 0.181. The molecule has 0 aromatic heterocycles. The van der Waals surface area contributed by atoms with Gasteiger partial charge >= 0.3 is 0 Å². The van der Waals surface area contributed by atoms with Gasteiger partial charge < -0.3 is 15.2 Å². The van der Waals surface area contributed by atoms with E-state index in [0.717, 1.165) is 29.9 Å². The molecule has 88 valence electrons. The molecular weight excluding hydrogens is 202 g/mol. The Kier molecular flexibility index (Phi) is 3.34. The standard InChI is InChI=1S/C13H19NO2/c1-9(2)15-12-5-6-13(10(7-12)8-14)16-11-3-4-11/h5-7,9,11H,3-4,8,14H2,1-2H3. The smallest absolute Gasteiger partial charge is 0.124 e. The predicted octanol–water partition coefficient (Wildman–Crippen LogP) is 2.47. The highest BCUT2D eigenvalue weighted by molar-refractivity contribution is 5.40. The van der Waals surface area contributed by atoms with Crippen LogP contribution in [-0.4, -0.2) is 12.2 Å². The molecule has 0 bridgehead atoms. The average molecular weight is 221 g/mol. The Morgan fingerprint density at radius 3 is 2.69 bits per heavy atom. The molecule has 0 atom stereocenters. The van der Waals surface area contributed by atoms with Crippen LogP contribution in [0.1, 0.15) is 32.3 Å². The molecule has 1 saturated carbocycles. The molecule has 0 spiro atoms. The molecule has 16 heavy (non-hydrogen) atoms. The van der Waals surface area contributed by atoms with Crippen molar-refractivity contribution in [2.75, 3.05) is 0 Å². The van der Waals surface area contributed by atoms with Crippen molar-refractivity contribution >= 4 is 0 Å². The molecule has 1 aromatic carbocycles. The van der Waals surface area contributed by atoms with Crippen LogP contribution in [0.3, 0.4) is 0 Å². The monoisotopic (exact) mass is 221 g/mol. The summed E-state index contributed by atoms with van der Waals surface area (Å²) < 4.78 is 11.4. The first-order chi connectivity index (χ1) is 7.69. The Balaban J connectivity index is 2.12. The van der Waals surface area contributed by atoms with Gasteiger partial charge in [-0.1, -0.05) is 0 Å². The zero-order valence-corrected chi connectivity index (χ0v) is 9.90. The van der Waals surface area contributed by atoms with E-state index in [1.54, 1.807) is 0 Å². The molecule has 0 radical (unpaired) electrons. The molecule has 2 N–H and O–H groups in total. The van der Waals surface area contributed by atoms with Gasteiger partial charge in [0.2, 0.25) is 0 Å². The lowest BCUT2D eigenvalue weighted by Crippen LogP contribution is -2.08. The van der Waals surface area contributed by atoms with Gasteiger partial charge in [-0.05, 0) is 44.9 Å². The van der Waals surface area contributed by atoms with E-state index in [9.17, 15) is 0 Å². The molecule has 3 heteroatoms. The van der Waals surface area contributed by atoms with Crippen LogP contribution in [-0.2, 0) is 6.54 Å². The molecule has 1 aromatic rings. The van der Waals surface area contributed by atoms with Crippen molar-refractivity contribution in [1.29, 1.82) is 0 Å². The van der Waals surface area contributed by atoms with Gasteiger partial charge in [0.25, 0.3) is 0 Å². The van der Waals surface area contributed by atoms with Crippen molar-refractivity contribution in [3.05, 3.63) is 23.8 Å². The third kappa shape index (κ3) is 2.89. The Morgan fingerprint density at radius 1 is 1.38 bits per heavy atom. The van der Waals surface area contributed by atoms with Crippen LogP contribution in [0, 0.1) is 0 Å². The van der Waals surface area contributed by atoms with Crippen LogP contribution in [0.2, 0.25) is 0 Å². The first kappa shape index (κ1) is 11.3. The molecule has 3 nitrogen and oxygen atoms in total. The van der Waals surface area contributed by atoms with Crippen LogP contribution in [0.5, 0.6) is 11.5 Å². The molecule has 0 aliphatic heterocycles. The van der Waals surface area contributed by atoms with E-state index in [2.05, 4.69) is 0 Å². The van der Waals surface area contributed by atoms with Crippen LogP contribution < -0.4 is 15.2 Å². The SMILES string of the molecule is CC(C)Oc1ccc(OC2CC2)c(CN)c1. The lowest BCUT2D eigenvalue weighted by molar-refractivity contribution is 0.241. The van der Waals surface area contributed by atoms with E-state index in [0.29, 0.717) is 12.6 Å². The van der Waals surface area contributed by atoms with Crippen molar-refractivity contribution in [2.24, 2.45) is 5.73 Å². The summed E-state index contributed by atoms with van der Waals surface area (Å²) in [5.74, 6) is 1.76. The van der Waals surface area contributed by atoms with Gasteiger partial charge in [-0.15, -0.1) is 0 Å². The van der Waals surface area contributed by atoms with Gasteiger partial charge in [-0.3, -0.25) is 0 Å². The Morgan fingerprint density at radius 2 is 2.12 bits per heavy atom. The van der Waals surface area contributed by atoms with Crippen LogP contribution in [0.25, 0.3) is 0 Å². The van der Waals surface area contributed by atoms with Gasteiger partial charge in [-0.25, -0.2) is 0 Å². The van der Waals surface area contributed by atoms with Gasteiger partial charge in [0.15, 0.2) is 0 Å². The van der Waals surface area contributed by atoms with E-state index < -0.39 is 0 Å². The van der Waals surface area contributed by atoms with Crippen molar-refractivity contribution in [3.63, 3.8) is 0 Å². The summed E-state index contributed by atoms with van der Waals surface area (Å²) in [5.41, 5.74) is 6.73. The second-order valence-electron chi connectivity index (χ2n) is 4.46. The maximum atomic E-state index is 5.77. The topological polar surface area (TPSA) is 44.5 Å². The third-order valence-corrected chi connectivity index (χ3v) is 2.44. The molecule has 2 rings (SSSR count). The zero-order chi connectivity index (χ0) is 11.5. The zero-order valence-electron chi connectivity index (χ0n) is 9.90. The van der Waals surface area contributed by atoms with E-state index in [1.807, 2.05) is 32.0 Å². The van der Waals surface area contributed by atoms with E-state index in [1.165, 1.54) is 0 Å². The molecule has 0 saturated heterocycles. The summed E-state index contributed by atoms with van der Waals surface area (Å²) in [6.45, 7) is 4.50. The second kappa shape index (κ2) is 4.74. The van der Waals surface area contributed by atoms with Crippen molar-refractivity contribution in [2.45, 2.75) is 45.4 Å². The molecule has 0 heterocycles. The summed E-state index contributed by atoms with van der Waals surface area (Å²) in [6, 6.07) is 5.87. The largest absolute Gasteiger partial charge is 0.491 e. The first-order valence-corrected chi connectivity index (χ1v) is 5.85. The molecule has 1 aliphatic carbocycles. The fourth-order valence-electron chi connectivity index (χ4n) is 1.54. The fraction of sp³-hybridized carbons (Fsp3) is 0.538. The lowest BCUT2D eigenvalue weighted by atomic mass is 10.2. The van der Waals surface area contributed by atoms with Crippen molar-refractivity contribution in [1.82, 2.24) is 0 Å². The fourth-order valence-corrected chi connectivity index (χ4v) is 1.54. The van der Waals surface area contributed by atoms with E-state index >= 15 is 0 Å². The van der Waals surface area contributed by atoms with Gasteiger partial charge in [0.05, 0.1) is 12.2 Å². The Hall–Kier alpha value is -1.22. The molecule has 1 aliphatic rings. The highest BCUT2D eigenvalue weighted by atomic mass is 16.5. The summed E-state index contributed by atoms with van der Waals surface area (Å²) in [4.78, 5) is 0. The summed E-state index contributed by atoms with van der Waals surface area (Å²) in [5, 5.41) is 0. The van der Waals surface area contributed by atoms with E-state index in [4.69, 9.17) is 15.2 Å². The predicted molar refractivity (Wildman–Crippen MR) is 63.7 cm³/mol. The van der Waals surface area contributed by atoms with Crippen LogP contribution in [0.4, 0.5) is 0 Å². The first-order valence-electron chi connectivity index (χ1n) is 5.85.